The molecule has 2 aromatic rings. The van der Waals surface area contributed by atoms with Crippen LogP contribution >= 0.6 is 27.5 Å². The molecule has 25 heavy (non-hydrogen) atoms. The first-order valence-corrected chi connectivity index (χ1v) is 8.43. The molecule has 5 nitrogen and oxygen atoms in total. The summed E-state index contributed by atoms with van der Waals surface area (Å²) in [5.41, 5.74) is 4.90. The third kappa shape index (κ3) is 2.81. The molecule has 1 amide bonds. The number of ether oxygens (including phenoxy) is 3. The van der Waals surface area contributed by atoms with Crippen LogP contribution in [0.2, 0.25) is 5.02 Å². The van der Waals surface area contributed by atoms with E-state index in [4.69, 9.17) is 31.5 Å². The van der Waals surface area contributed by atoms with Crippen molar-refractivity contribution in [1.29, 1.82) is 0 Å². The summed E-state index contributed by atoms with van der Waals surface area (Å²) in [7, 11) is 1.44. The lowest BCUT2D eigenvalue weighted by atomic mass is 9.85. The minimum absolute atomic E-state index is 0.123. The van der Waals surface area contributed by atoms with Crippen LogP contribution < -0.4 is 10.5 Å². The summed E-state index contributed by atoms with van der Waals surface area (Å²) in [5, 5.41) is -0.137. The number of carbonyl (C=O) groups excluding carboxylic acids is 1. The van der Waals surface area contributed by atoms with Crippen LogP contribution in [0, 0.1) is 5.82 Å². The first-order chi connectivity index (χ1) is 11.9. The highest BCUT2D eigenvalue weighted by atomic mass is 79.9. The van der Waals surface area contributed by atoms with E-state index in [1.165, 1.54) is 7.11 Å². The fourth-order valence-corrected chi connectivity index (χ4v) is 3.65. The van der Waals surface area contributed by atoms with Gasteiger partial charge in [-0.05, 0) is 15.9 Å². The molecule has 0 aliphatic carbocycles. The van der Waals surface area contributed by atoms with Gasteiger partial charge in [-0.1, -0.05) is 41.9 Å². The second kappa shape index (κ2) is 6.92. The quantitative estimate of drug-likeness (QED) is 0.580. The van der Waals surface area contributed by atoms with E-state index in [9.17, 15) is 9.18 Å². The van der Waals surface area contributed by atoms with Gasteiger partial charge in [0.05, 0.1) is 5.02 Å². The van der Waals surface area contributed by atoms with Gasteiger partial charge in [-0.3, -0.25) is 4.79 Å². The number of benzene rings is 2. The van der Waals surface area contributed by atoms with Crippen LogP contribution in [-0.4, -0.2) is 19.8 Å². The van der Waals surface area contributed by atoms with Crippen LogP contribution in [0.1, 0.15) is 17.2 Å². The Morgan fingerprint density at radius 1 is 1.44 bits per heavy atom. The SMILES string of the molecule is COCO[C@H]1c2c(cc(F)c(Cl)c2Br)O[C@]1(C(N)=O)c1ccccc1. The zero-order valence-electron chi connectivity index (χ0n) is 13.1. The molecule has 0 saturated carbocycles. The van der Waals surface area contributed by atoms with Crippen LogP contribution in [0.4, 0.5) is 4.39 Å². The molecule has 0 unspecified atom stereocenters. The molecular formula is C17H14BrClFNO4. The molecule has 0 saturated heterocycles. The van der Waals surface area contributed by atoms with E-state index in [1.54, 1.807) is 30.3 Å². The minimum atomic E-state index is -1.68. The van der Waals surface area contributed by atoms with Gasteiger partial charge in [-0.25, -0.2) is 4.39 Å². The lowest BCUT2D eigenvalue weighted by Crippen LogP contribution is -2.48. The van der Waals surface area contributed by atoms with Gasteiger partial charge in [-0.2, -0.15) is 0 Å². The second-order valence-electron chi connectivity index (χ2n) is 5.42. The zero-order chi connectivity index (χ0) is 18.2. The Balaban J connectivity index is 2.25. The van der Waals surface area contributed by atoms with Gasteiger partial charge in [0.15, 0.2) is 0 Å². The molecule has 8 heteroatoms. The fourth-order valence-electron chi connectivity index (χ4n) is 2.90. The Labute approximate surface area is 156 Å². The maximum absolute atomic E-state index is 14.0. The summed E-state index contributed by atoms with van der Waals surface area (Å²) in [6.07, 6.45) is -0.977. The van der Waals surface area contributed by atoms with Crippen LogP contribution in [-0.2, 0) is 19.9 Å². The van der Waals surface area contributed by atoms with Crippen LogP contribution in [0.3, 0.4) is 0 Å². The van der Waals surface area contributed by atoms with Gasteiger partial charge < -0.3 is 19.9 Å². The molecular weight excluding hydrogens is 417 g/mol. The highest BCUT2D eigenvalue weighted by Gasteiger charge is 2.57. The third-order valence-corrected chi connectivity index (χ3v) is 5.41. The smallest absolute Gasteiger partial charge is 0.269 e. The first kappa shape index (κ1) is 18.1. The lowest BCUT2D eigenvalue weighted by molar-refractivity contribution is -0.160. The van der Waals surface area contributed by atoms with Gasteiger partial charge in [0.1, 0.15) is 24.5 Å². The van der Waals surface area contributed by atoms with Crippen LogP contribution in [0.5, 0.6) is 5.75 Å². The molecule has 2 atom stereocenters. The molecule has 1 heterocycles. The summed E-state index contributed by atoms with van der Waals surface area (Å²) in [6.45, 7) is -0.128. The number of halogens is 3. The van der Waals surface area contributed by atoms with Gasteiger partial charge in [-0.15, -0.1) is 0 Å². The number of fused-ring (bicyclic) bond motifs is 1. The van der Waals surface area contributed by atoms with Crippen molar-refractivity contribution in [2.75, 3.05) is 13.9 Å². The first-order valence-electron chi connectivity index (χ1n) is 7.25. The average molecular weight is 431 g/mol. The maximum atomic E-state index is 14.0. The van der Waals surface area contributed by atoms with E-state index < -0.39 is 23.4 Å². The summed E-state index contributed by atoms with van der Waals surface area (Å²) in [4.78, 5) is 12.5. The van der Waals surface area contributed by atoms with Gasteiger partial charge in [0.25, 0.3) is 5.91 Å². The number of nitrogens with two attached hydrogens (primary N) is 1. The van der Waals surface area contributed by atoms with E-state index in [0.717, 1.165) is 6.07 Å². The van der Waals surface area contributed by atoms with Crippen molar-refractivity contribution in [3.63, 3.8) is 0 Å². The number of amides is 1. The van der Waals surface area contributed by atoms with Crippen molar-refractivity contribution in [3.05, 3.63) is 62.8 Å². The molecule has 0 bridgehead atoms. The third-order valence-electron chi connectivity index (χ3n) is 3.99. The number of carbonyl (C=O) groups is 1. The highest BCUT2D eigenvalue weighted by Crippen LogP contribution is 2.55. The number of hydrogen-bond acceptors (Lipinski definition) is 4. The van der Waals surface area contributed by atoms with E-state index in [-0.39, 0.29) is 22.0 Å². The summed E-state index contributed by atoms with van der Waals surface area (Å²) in [5.74, 6) is -1.34. The number of methoxy groups -OCH3 is 1. The number of primary amides is 1. The second-order valence-corrected chi connectivity index (χ2v) is 6.59. The number of rotatable bonds is 5. The van der Waals surface area contributed by atoms with Crippen molar-refractivity contribution in [3.8, 4) is 5.75 Å². The summed E-state index contributed by atoms with van der Waals surface area (Å²) < 4.78 is 30.9. The minimum Gasteiger partial charge on any atom is -0.469 e. The predicted molar refractivity (Wildman–Crippen MR) is 92.8 cm³/mol. The van der Waals surface area contributed by atoms with E-state index >= 15 is 0 Å². The van der Waals surface area contributed by atoms with E-state index in [2.05, 4.69) is 15.9 Å². The van der Waals surface area contributed by atoms with Gasteiger partial charge in [0, 0.05) is 28.8 Å². The normalized spacial score (nSPS) is 21.7. The molecule has 0 spiro atoms. The maximum Gasteiger partial charge on any atom is 0.269 e. The predicted octanol–water partition coefficient (Wildman–Crippen LogP) is 3.68. The Morgan fingerprint density at radius 2 is 2.12 bits per heavy atom. The van der Waals surface area contributed by atoms with Crippen molar-refractivity contribution < 1.29 is 23.4 Å². The molecule has 2 N–H and O–H groups in total. The Bertz CT molecular complexity index is 820. The molecule has 3 rings (SSSR count). The fraction of sp³-hybridized carbons (Fsp3) is 0.235. The van der Waals surface area contributed by atoms with E-state index in [0.29, 0.717) is 11.1 Å². The molecule has 2 aromatic carbocycles. The zero-order valence-corrected chi connectivity index (χ0v) is 15.4. The largest absolute Gasteiger partial charge is 0.469 e. The van der Waals surface area contributed by atoms with Crippen molar-refractivity contribution in [2.24, 2.45) is 5.73 Å². The molecule has 0 fully saturated rings. The lowest BCUT2D eigenvalue weighted by Gasteiger charge is -2.31. The molecule has 1 aliphatic heterocycles. The standard InChI is InChI=1S/C17H14BrClFNO4/c1-23-8-24-15-12-11(7-10(20)14(19)13(12)18)25-17(15,16(21)22)9-5-3-2-4-6-9/h2-7,15H,8H2,1H3,(H2,21,22)/t15-,17+/m0/s1. The monoisotopic (exact) mass is 429 g/mol. The van der Waals surface area contributed by atoms with Crippen molar-refractivity contribution in [1.82, 2.24) is 0 Å². The molecule has 1 aliphatic rings. The van der Waals surface area contributed by atoms with Crippen molar-refractivity contribution in [2.45, 2.75) is 11.7 Å². The highest BCUT2D eigenvalue weighted by molar-refractivity contribution is 9.10. The van der Waals surface area contributed by atoms with Gasteiger partial charge in [0.2, 0.25) is 5.60 Å². The Morgan fingerprint density at radius 3 is 2.72 bits per heavy atom. The topological polar surface area (TPSA) is 70.8 Å². The average Bonchev–Trinajstić information content (AvgIpc) is 2.94. The Hall–Kier alpha value is -1.67. The van der Waals surface area contributed by atoms with Crippen LogP contribution in [0.15, 0.2) is 40.9 Å². The van der Waals surface area contributed by atoms with E-state index in [1.807, 2.05) is 0 Å². The summed E-state index contributed by atoms with van der Waals surface area (Å²) in [6, 6.07) is 9.75. The van der Waals surface area contributed by atoms with Gasteiger partial charge >= 0.3 is 0 Å². The summed E-state index contributed by atoms with van der Waals surface area (Å²) >= 11 is 9.26. The molecule has 0 radical (unpaired) electrons. The Kier molecular flexibility index (Phi) is 5.02. The molecule has 0 aromatic heterocycles. The van der Waals surface area contributed by atoms with Crippen LogP contribution in [0.25, 0.3) is 0 Å². The van der Waals surface area contributed by atoms with Crippen molar-refractivity contribution >= 4 is 33.4 Å². The number of hydrogen-bond donors (Lipinski definition) is 1. The molecule has 132 valence electrons.